The van der Waals surface area contributed by atoms with Gasteiger partial charge in [-0.05, 0) is 0 Å². The topological polar surface area (TPSA) is 0 Å². The molecule has 2 heteroatoms. The van der Waals surface area contributed by atoms with Gasteiger partial charge in [-0.2, -0.15) is 6.42 Å². The quantitative estimate of drug-likeness (QED) is 0.358. The van der Waals surface area contributed by atoms with Crippen LogP contribution in [0.15, 0.2) is 30.3 Å². The summed E-state index contributed by atoms with van der Waals surface area (Å²) in [6.45, 7) is 3.76. The van der Waals surface area contributed by atoms with Crippen molar-refractivity contribution in [3.05, 3.63) is 42.8 Å². The van der Waals surface area contributed by atoms with Gasteiger partial charge in [-0.25, -0.2) is 0 Å². The molecule has 0 nitrogen and oxygen atoms in total. The molecular formula is C8H9ClMg. The minimum absolute atomic E-state index is 0. The zero-order valence-electron chi connectivity index (χ0n) is 5.89. The Hall–Kier alpha value is 0.276. The molecule has 0 aliphatic rings. The molecule has 0 aliphatic carbocycles. The molecule has 0 amide bonds. The second-order valence-corrected chi connectivity index (χ2v) is 1.74. The average molecular weight is 165 g/mol. The van der Waals surface area contributed by atoms with Crippen molar-refractivity contribution in [1.29, 1.82) is 0 Å². The summed E-state index contributed by atoms with van der Waals surface area (Å²) in [7, 11) is 0. The van der Waals surface area contributed by atoms with E-state index in [0.29, 0.717) is 0 Å². The molecule has 0 saturated heterocycles. The molecular weight excluding hydrogens is 156 g/mol. The van der Waals surface area contributed by atoms with Gasteiger partial charge in [0.15, 0.2) is 0 Å². The van der Waals surface area contributed by atoms with Gasteiger partial charge in [0, 0.05) is 0 Å². The Morgan fingerprint density at radius 2 is 1.60 bits per heavy atom. The van der Waals surface area contributed by atoms with Crippen LogP contribution < -0.4 is 12.4 Å². The van der Waals surface area contributed by atoms with Gasteiger partial charge in [-0.15, -0.1) is 0 Å². The van der Waals surface area contributed by atoms with Gasteiger partial charge < -0.3 is 19.3 Å². The van der Waals surface area contributed by atoms with Crippen molar-refractivity contribution in [3.8, 4) is 0 Å². The van der Waals surface area contributed by atoms with Crippen LogP contribution in [-0.2, 0) is 6.42 Å². The third kappa shape index (κ3) is 4.15. The predicted molar refractivity (Wildman–Crippen MR) is 41.3 cm³/mol. The molecule has 10 heavy (non-hydrogen) atoms. The van der Waals surface area contributed by atoms with Gasteiger partial charge in [-0.3, -0.25) is 0 Å². The predicted octanol–water partition coefficient (Wildman–Crippen LogP) is -1.31. The summed E-state index contributed by atoms with van der Waals surface area (Å²) in [6.07, 6.45) is 0.890. The van der Waals surface area contributed by atoms with Crippen LogP contribution in [0.5, 0.6) is 0 Å². The zero-order valence-corrected chi connectivity index (χ0v) is 8.06. The van der Waals surface area contributed by atoms with E-state index in [2.05, 4.69) is 19.1 Å². The van der Waals surface area contributed by atoms with E-state index >= 15 is 0 Å². The van der Waals surface area contributed by atoms with Gasteiger partial charge in [0.25, 0.3) is 0 Å². The average Bonchev–Trinajstić information content (AvgIpc) is 1.90. The minimum Gasteiger partial charge on any atom is -1.00 e. The Kier molecular flexibility index (Phi) is 9.53. The first kappa shape index (κ1) is 12.9. The molecule has 0 aliphatic heterocycles. The molecule has 50 valence electrons. The van der Waals surface area contributed by atoms with Crippen molar-refractivity contribution in [2.75, 3.05) is 0 Å². The third-order valence-electron chi connectivity index (χ3n) is 1.13. The molecule has 0 radical (unpaired) electrons. The molecule has 0 aromatic heterocycles. The van der Waals surface area contributed by atoms with E-state index in [-0.39, 0.29) is 35.5 Å². The maximum atomic E-state index is 3.76. The van der Waals surface area contributed by atoms with Crippen molar-refractivity contribution in [2.24, 2.45) is 0 Å². The molecule has 0 N–H and O–H groups in total. The molecule has 0 unspecified atom stereocenters. The summed E-state index contributed by atoms with van der Waals surface area (Å²) in [5.41, 5.74) is 1.30. The van der Waals surface area contributed by atoms with Crippen molar-refractivity contribution >= 4 is 23.1 Å². The first-order chi connectivity index (χ1) is 3.93. The van der Waals surface area contributed by atoms with Crippen molar-refractivity contribution in [3.63, 3.8) is 0 Å². The van der Waals surface area contributed by atoms with E-state index in [1.165, 1.54) is 5.56 Å². The van der Waals surface area contributed by atoms with Crippen molar-refractivity contribution in [1.82, 2.24) is 0 Å². The molecule has 0 fully saturated rings. The smallest absolute Gasteiger partial charge is 1.00 e. The minimum atomic E-state index is 0. The van der Waals surface area contributed by atoms with Crippen molar-refractivity contribution in [2.45, 2.75) is 6.42 Å². The molecule has 1 aromatic carbocycles. The SMILES string of the molecule is [CH2-]Cc1ccccc1.[Cl-].[Mg+2]. The number of halogens is 1. The van der Waals surface area contributed by atoms with E-state index in [4.69, 9.17) is 0 Å². The molecule has 0 bridgehead atoms. The Bertz CT molecular complexity index is 151. The summed E-state index contributed by atoms with van der Waals surface area (Å²) >= 11 is 0. The van der Waals surface area contributed by atoms with Crippen LogP contribution in [0.4, 0.5) is 0 Å². The second kappa shape index (κ2) is 7.38. The van der Waals surface area contributed by atoms with Gasteiger partial charge in [-0.1, -0.05) is 35.9 Å². The fourth-order valence-electron chi connectivity index (χ4n) is 0.645. The van der Waals surface area contributed by atoms with Crippen LogP contribution in [0.3, 0.4) is 0 Å². The first-order valence-electron chi connectivity index (χ1n) is 2.76. The molecule has 1 aromatic rings. The van der Waals surface area contributed by atoms with E-state index in [0.717, 1.165) is 6.42 Å². The number of hydrogen-bond acceptors (Lipinski definition) is 0. The zero-order chi connectivity index (χ0) is 5.82. The van der Waals surface area contributed by atoms with Crippen LogP contribution >= 0.6 is 0 Å². The Morgan fingerprint density at radius 1 is 1.10 bits per heavy atom. The number of benzene rings is 1. The van der Waals surface area contributed by atoms with Gasteiger partial charge in [0.05, 0.1) is 0 Å². The summed E-state index contributed by atoms with van der Waals surface area (Å²) in [4.78, 5) is 0. The van der Waals surface area contributed by atoms with Gasteiger partial charge >= 0.3 is 23.1 Å². The molecule has 0 heterocycles. The van der Waals surface area contributed by atoms with Crippen LogP contribution in [0.2, 0.25) is 0 Å². The Labute approximate surface area is 84.6 Å². The third-order valence-corrected chi connectivity index (χ3v) is 1.13. The maximum absolute atomic E-state index is 3.76. The maximum Gasteiger partial charge on any atom is 2.00 e. The Morgan fingerprint density at radius 3 is 1.90 bits per heavy atom. The second-order valence-electron chi connectivity index (χ2n) is 1.74. The molecule has 0 saturated carbocycles. The summed E-state index contributed by atoms with van der Waals surface area (Å²) in [6, 6.07) is 10.2. The first-order valence-corrected chi connectivity index (χ1v) is 2.76. The number of rotatable bonds is 1. The van der Waals surface area contributed by atoms with E-state index in [1.54, 1.807) is 0 Å². The fourth-order valence-corrected chi connectivity index (χ4v) is 0.645. The largest absolute Gasteiger partial charge is 2.00 e. The van der Waals surface area contributed by atoms with Crippen LogP contribution in [0, 0.1) is 6.92 Å². The monoisotopic (exact) mass is 164 g/mol. The van der Waals surface area contributed by atoms with E-state index in [1.807, 2.05) is 18.2 Å². The summed E-state index contributed by atoms with van der Waals surface area (Å²) in [5, 5.41) is 0. The molecule has 1 rings (SSSR count). The summed E-state index contributed by atoms with van der Waals surface area (Å²) in [5.74, 6) is 0. The van der Waals surface area contributed by atoms with Gasteiger partial charge in [0.2, 0.25) is 0 Å². The standard InChI is InChI=1S/C8H9.ClH.Mg/c1-2-8-6-4-3-5-7-8;;/h3-7H,1-2H2;1H;/q-1;;+2/p-1. The fraction of sp³-hybridized carbons (Fsp3) is 0.125. The normalized spacial score (nSPS) is 7.30. The van der Waals surface area contributed by atoms with Crippen molar-refractivity contribution < 1.29 is 12.4 Å². The molecule has 0 spiro atoms. The molecule has 0 atom stereocenters. The number of hydrogen-bond donors (Lipinski definition) is 0. The van der Waals surface area contributed by atoms with E-state index < -0.39 is 0 Å². The summed E-state index contributed by atoms with van der Waals surface area (Å²) < 4.78 is 0. The van der Waals surface area contributed by atoms with Crippen LogP contribution in [-0.4, -0.2) is 23.1 Å². The Balaban J connectivity index is 0. The van der Waals surface area contributed by atoms with Crippen LogP contribution in [0.25, 0.3) is 0 Å². The van der Waals surface area contributed by atoms with Gasteiger partial charge in [0.1, 0.15) is 0 Å². The van der Waals surface area contributed by atoms with Crippen LogP contribution in [0.1, 0.15) is 5.56 Å². The van der Waals surface area contributed by atoms with E-state index in [9.17, 15) is 0 Å².